The van der Waals surface area contributed by atoms with E-state index < -0.39 is 6.10 Å². The number of hydrogen-bond donors (Lipinski definition) is 1. The molecule has 0 saturated heterocycles. The molecule has 1 aromatic rings. The van der Waals surface area contributed by atoms with Gasteiger partial charge >= 0.3 is 0 Å². The predicted molar refractivity (Wildman–Crippen MR) is 74.1 cm³/mol. The Bertz CT molecular complexity index is 445. The Hall–Kier alpha value is -1.39. The molecule has 1 heterocycles. The van der Waals surface area contributed by atoms with Gasteiger partial charge in [-0.15, -0.1) is 0 Å². The smallest absolute Gasteiger partial charge is 0.252 e. The lowest BCUT2D eigenvalue weighted by Crippen LogP contribution is -2.35. The highest BCUT2D eigenvalue weighted by Gasteiger charge is 2.25. The standard InChI is InChI=1S/C15H21NO3/c1-11(2)19-10-15(18)16-9-5-8-14(17)12-6-3-4-7-13(12)16/h3-4,6-7,11,14,17H,5,8-10H2,1-2H3. The topological polar surface area (TPSA) is 49.8 Å². The van der Waals surface area contributed by atoms with Crippen molar-refractivity contribution in [3.05, 3.63) is 29.8 Å². The van der Waals surface area contributed by atoms with E-state index in [-0.39, 0.29) is 18.6 Å². The molecule has 1 aliphatic heterocycles. The third-order valence-corrected chi connectivity index (χ3v) is 3.29. The zero-order valence-corrected chi connectivity index (χ0v) is 11.5. The van der Waals surface area contributed by atoms with Crippen LogP contribution in [0.25, 0.3) is 0 Å². The molecule has 1 unspecified atom stereocenters. The number of carbonyl (C=O) groups excluding carboxylic acids is 1. The fourth-order valence-electron chi connectivity index (χ4n) is 2.31. The van der Waals surface area contributed by atoms with Gasteiger partial charge in [0.1, 0.15) is 6.61 Å². The molecular formula is C15H21NO3. The van der Waals surface area contributed by atoms with Gasteiger partial charge in [0.25, 0.3) is 5.91 Å². The number of para-hydroxylation sites is 1. The van der Waals surface area contributed by atoms with Gasteiger partial charge in [-0.25, -0.2) is 0 Å². The maximum atomic E-state index is 12.2. The van der Waals surface area contributed by atoms with Gasteiger partial charge in [0.15, 0.2) is 0 Å². The lowest BCUT2D eigenvalue weighted by molar-refractivity contribution is -0.124. The third kappa shape index (κ3) is 3.33. The lowest BCUT2D eigenvalue weighted by atomic mass is 10.0. The summed E-state index contributed by atoms with van der Waals surface area (Å²) >= 11 is 0. The van der Waals surface area contributed by atoms with Crippen LogP contribution in [0, 0.1) is 0 Å². The second-order valence-corrected chi connectivity index (χ2v) is 5.12. The van der Waals surface area contributed by atoms with E-state index in [1.807, 2.05) is 38.1 Å². The zero-order valence-electron chi connectivity index (χ0n) is 11.5. The van der Waals surface area contributed by atoms with Crippen molar-refractivity contribution in [2.75, 3.05) is 18.1 Å². The Balaban J connectivity index is 2.21. The minimum Gasteiger partial charge on any atom is -0.388 e. The summed E-state index contributed by atoms with van der Waals surface area (Å²) in [6.07, 6.45) is 1.03. The lowest BCUT2D eigenvalue weighted by Gasteiger charge is -2.23. The second kappa shape index (κ2) is 6.17. The highest BCUT2D eigenvalue weighted by atomic mass is 16.5. The van der Waals surface area contributed by atoms with Crippen molar-refractivity contribution >= 4 is 11.6 Å². The average molecular weight is 263 g/mol. The fraction of sp³-hybridized carbons (Fsp3) is 0.533. The minimum atomic E-state index is -0.486. The summed E-state index contributed by atoms with van der Waals surface area (Å²) in [5.74, 6) is -0.0461. The van der Waals surface area contributed by atoms with Crippen LogP contribution >= 0.6 is 0 Å². The molecule has 0 aliphatic carbocycles. The van der Waals surface area contributed by atoms with Crippen molar-refractivity contribution < 1.29 is 14.6 Å². The van der Waals surface area contributed by atoms with E-state index >= 15 is 0 Å². The number of benzene rings is 1. The molecule has 1 aromatic carbocycles. The largest absolute Gasteiger partial charge is 0.388 e. The Morgan fingerprint density at radius 2 is 2.21 bits per heavy atom. The monoisotopic (exact) mass is 263 g/mol. The maximum absolute atomic E-state index is 12.2. The Labute approximate surface area is 114 Å². The molecule has 1 atom stereocenters. The molecular weight excluding hydrogens is 242 g/mol. The molecule has 0 saturated carbocycles. The summed E-state index contributed by atoms with van der Waals surface area (Å²) in [7, 11) is 0. The molecule has 0 bridgehead atoms. The van der Waals surface area contributed by atoms with Gasteiger partial charge in [-0.3, -0.25) is 4.79 Å². The molecule has 0 fully saturated rings. The van der Waals surface area contributed by atoms with Gasteiger partial charge in [0, 0.05) is 17.8 Å². The van der Waals surface area contributed by atoms with E-state index in [4.69, 9.17) is 4.74 Å². The molecule has 1 amide bonds. The average Bonchev–Trinajstić information content (AvgIpc) is 2.56. The number of ether oxygens (including phenoxy) is 1. The second-order valence-electron chi connectivity index (χ2n) is 5.12. The number of aliphatic hydroxyl groups is 1. The Morgan fingerprint density at radius 3 is 2.95 bits per heavy atom. The van der Waals surface area contributed by atoms with Gasteiger partial charge in [-0.05, 0) is 32.8 Å². The summed E-state index contributed by atoms with van der Waals surface area (Å²) < 4.78 is 5.39. The first kappa shape index (κ1) is 14.0. The van der Waals surface area contributed by atoms with E-state index in [0.29, 0.717) is 13.0 Å². The summed E-state index contributed by atoms with van der Waals surface area (Å²) in [5.41, 5.74) is 1.64. The van der Waals surface area contributed by atoms with Crippen molar-refractivity contribution in [1.29, 1.82) is 0 Å². The number of hydrogen-bond acceptors (Lipinski definition) is 3. The molecule has 19 heavy (non-hydrogen) atoms. The fourth-order valence-corrected chi connectivity index (χ4v) is 2.31. The van der Waals surface area contributed by atoms with Crippen LogP contribution in [0.2, 0.25) is 0 Å². The zero-order chi connectivity index (χ0) is 13.8. The highest BCUT2D eigenvalue weighted by molar-refractivity contribution is 5.95. The van der Waals surface area contributed by atoms with Crippen LogP contribution in [0.5, 0.6) is 0 Å². The molecule has 1 aliphatic rings. The number of fused-ring (bicyclic) bond motifs is 1. The van der Waals surface area contributed by atoms with Gasteiger partial charge in [-0.1, -0.05) is 18.2 Å². The maximum Gasteiger partial charge on any atom is 0.252 e. The van der Waals surface area contributed by atoms with Crippen LogP contribution in [-0.2, 0) is 9.53 Å². The molecule has 0 radical (unpaired) electrons. The number of anilines is 1. The number of amides is 1. The normalized spacial score (nSPS) is 19.2. The number of carbonyl (C=O) groups is 1. The summed E-state index contributed by atoms with van der Waals surface area (Å²) in [5, 5.41) is 10.1. The van der Waals surface area contributed by atoms with Gasteiger partial charge in [0.05, 0.1) is 12.2 Å². The van der Waals surface area contributed by atoms with E-state index in [9.17, 15) is 9.90 Å². The summed E-state index contributed by atoms with van der Waals surface area (Å²) in [6, 6.07) is 7.55. The number of nitrogens with zero attached hydrogens (tertiary/aromatic N) is 1. The number of rotatable bonds is 3. The van der Waals surface area contributed by atoms with E-state index in [0.717, 1.165) is 17.7 Å². The van der Waals surface area contributed by atoms with Crippen LogP contribution in [0.3, 0.4) is 0 Å². The Kier molecular flexibility index (Phi) is 4.56. The highest BCUT2D eigenvalue weighted by Crippen LogP contribution is 2.32. The molecule has 1 N–H and O–H groups in total. The summed E-state index contributed by atoms with van der Waals surface area (Å²) in [6.45, 7) is 4.54. The number of aliphatic hydroxyl groups excluding tert-OH is 1. The predicted octanol–water partition coefficient (Wildman–Crippen LogP) is 2.27. The first-order valence-electron chi connectivity index (χ1n) is 6.78. The van der Waals surface area contributed by atoms with Gasteiger partial charge in [-0.2, -0.15) is 0 Å². The van der Waals surface area contributed by atoms with Crippen LogP contribution in [0.4, 0.5) is 5.69 Å². The van der Waals surface area contributed by atoms with Crippen molar-refractivity contribution in [2.24, 2.45) is 0 Å². The van der Waals surface area contributed by atoms with Gasteiger partial charge < -0.3 is 14.7 Å². The molecule has 104 valence electrons. The van der Waals surface area contributed by atoms with E-state index in [1.165, 1.54) is 0 Å². The van der Waals surface area contributed by atoms with Crippen molar-refractivity contribution in [1.82, 2.24) is 0 Å². The molecule has 0 spiro atoms. The molecule has 4 nitrogen and oxygen atoms in total. The van der Waals surface area contributed by atoms with E-state index in [1.54, 1.807) is 4.90 Å². The SMILES string of the molecule is CC(C)OCC(=O)N1CCCC(O)c2ccccc21. The van der Waals surface area contributed by atoms with Crippen molar-refractivity contribution in [3.63, 3.8) is 0 Å². The van der Waals surface area contributed by atoms with Crippen molar-refractivity contribution in [3.8, 4) is 0 Å². The first-order valence-corrected chi connectivity index (χ1v) is 6.78. The van der Waals surface area contributed by atoms with E-state index in [2.05, 4.69) is 0 Å². The van der Waals surface area contributed by atoms with Gasteiger partial charge in [0.2, 0.25) is 0 Å². The summed E-state index contributed by atoms with van der Waals surface area (Å²) in [4.78, 5) is 14.0. The molecule has 0 aromatic heterocycles. The van der Waals surface area contributed by atoms with Crippen LogP contribution in [-0.4, -0.2) is 30.3 Å². The van der Waals surface area contributed by atoms with Crippen molar-refractivity contribution in [2.45, 2.75) is 38.9 Å². The van der Waals surface area contributed by atoms with Crippen LogP contribution < -0.4 is 4.90 Å². The first-order chi connectivity index (χ1) is 9.09. The quantitative estimate of drug-likeness (QED) is 0.910. The third-order valence-electron chi connectivity index (χ3n) is 3.29. The Morgan fingerprint density at radius 1 is 1.47 bits per heavy atom. The molecule has 4 heteroatoms. The minimum absolute atomic E-state index is 0.0387. The van der Waals surface area contributed by atoms with Crippen LogP contribution in [0.1, 0.15) is 38.4 Å². The molecule has 2 rings (SSSR count). The van der Waals surface area contributed by atoms with Crippen LogP contribution in [0.15, 0.2) is 24.3 Å².